The fourth-order valence-electron chi connectivity index (χ4n) is 1.42. The lowest BCUT2D eigenvalue weighted by atomic mass is 10.2. The molecule has 12 heavy (non-hydrogen) atoms. The van der Waals surface area contributed by atoms with Crippen molar-refractivity contribution in [2.45, 2.75) is 13.8 Å². The van der Waals surface area contributed by atoms with Gasteiger partial charge in [-0.05, 0) is 25.0 Å². The van der Waals surface area contributed by atoms with Gasteiger partial charge in [0.25, 0.3) is 0 Å². The Hall–Kier alpha value is -1.09. The van der Waals surface area contributed by atoms with Crippen LogP contribution in [0.5, 0.6) is 0 Å². The van der Waals surface area contributed by atoms with Crippen molar-refractivity contribution in [1.82, 2.24) is 4.40 Å². The van der Waals surface area contributed by atoms with Crippen molar-refractivity contribution in [3.63, 3.8) is 0 Å². The fraction of sp³-hybridized carbons (Fsp3) is 0.222. The van der Waals surface area contributed by atoms with E-state index in [2.05, 4.69) is 0 Å². The molecule has 0 aliphatic carbocycles. The summed E-state index contributed by atoms with van der Waals surface area (Å²) in [5.41, 5.74) is 3.09. The van der Waals surface area contributed by atoms with Crippen molar-refractivity contribution < 1.29 is 4.79 Å². The first-order valence-corrected chi connectivity index (χ1v) is 4.63. The van der Waals surface area contributed by atoms with Crippen LogP contribution in [0.25, 0.3) is 4.83 Å². The van der Waals surface area contributed by atoms with Crippen LogP contribution in [-0.2, 0) is 0 Å². The number of hydrogen-bond acceptors (Lipinski definition) is 2. The van der Waals surface area contributed by atoms with Crippen molar-refractivity contribution >= 4 is 22.5 Å². The molecule has 2 heterocycles. The van der Waals surface area contributed by atoms with E-state index in [4.69, 9.17) is 0 Å². The molecule has 0 bridgehead atoms. The van der Waals surface area contributed by atoms with Gasteiger partial charge >= 0.3 is 0 Å². The molecule has 0 aliphatic rings. The monoisotopic (exact) mass is 179 g/mol. The van der Waals surface area contributed by atoms with Crippen molar-refractivity contribution in [2.24, 2.45) is 0 Å². The summed E-state index contributed by atoms with van der Waals surface area (Å²) in [7, 11) is 0. The van der Waals surface area contributed by atoms with Gasteiger partial charge in [-0.25, -0.2) is 0 Å². The second kappa shape index (κ2) is 2.45. The van der Waals surface area contributed by atoms with Gasteiger partial charge in [-0.3, -0.25) is 4.79 Å². The molecule has 2 nitrogen and oxygen atoms in total. The number of carbonyl (C=O) groups excluding carboxylic acids is 1. The molecule has 0 atom stereocenters. The molecule has 62 valence electrons. The molecule has 0 amide bonds. The third-order valence-corrected chi connectivity index (χ3v) is 3.23. The maximum Gasteiger partial charge on any atom is 0.167 e. The van der Waals surface area contributed by atoms with Crippen LogP contribution in [0.1, 0.15) is 21.6 Å². The first-order chi connectivity index (χ1) is 5.75. The van der Waals surface area contributed by atoms with E-state index >= 15 is 0 Å². The Morgan fingerprint density at radius 3 is 2.83 bits per heavy atom. The molecule has 0 radical (unpaired) electrons. The molecule has 2 rings (SSSR count). The average Bonchev–Trinajstić information content (AvgIpc) is 2.59. The van der Waals surface area contributed by atoms with Gasteiger partial charge in [0.15, 0.2) is 6.29 Å². The Balaban J connectivity index is 2.97. The van der Waals surface area contributed by atoms with Crippen molar-refractivity contribution in [3.05, 3.63) is 28.4 Å². The van der Waals surface area contributed by atoms with Gasteiger partial charge in [0.1, 0.15) is 4.83 Å². The number of aryl methyl sites for hydroxylation is 1. The van der Waals surface area contributed by atoms with E-state index in [-0.39, 0.29) is 0 Å². The summed E-state index contributed by atoms with van der Waals surface area (Å²) in [5.74, 6) is 0. The van der Waals surface area contributed by atoms with E-state index in [0.717, 1.165) is 17.5 Å². The van der Waals surface area contributed by atoms with Gasteiger partial charge < -0.3 is 4.40 Å². The van der Waals surface area contributed by atoms with Gasteiger partial charge in [0, 0.05) is 11.6 Å². The molecule has 0 fully saturated rings. The zero-order chi connectivity index (χ0) is 8.72. The lowest BCUT2D eigenvalue weighted by Crippen LogP contribution is -1.87. The first-order valence-electron chi connectivity index (χ1n) is 3.75. The molecule has 0 aromatic carbocycles. The number of fused-ring (bicyclic) bond motifs is 1. The van der Waals surface area contributed by atoms with Crippen LogP contribution >= 0.6 is 11.3 Å². The van der Waals surface area contributed by atoms with Crippen LogP contribution in [0.3, 0.4) is 0 Å². The topological polar surface area (TPSA) is 21.5 Å². The smallest absolute Gasteiger partial charge is 0.167 e. The number of aromatic nitrogens is 1. The Kier molecular flexibility index (Phi) is 1.54. The minimum absolute atomic E-state index is 0.781. The number of aldehydes is 1. The number of hydrogen-bond donors (Lipinski definition) is 0. The van der Waals surface area contributed by atoms with Crippen LogP contribution < -0.4 is 0 Å². The normalized spacial score (nSPS) is 10.8. The Labute approximate surface area is 74.4 Å². The summed E-state index contributed by atoms with van der Waals surface area (Å²) < 4.78 is 1.95. The highest BCUT2D eigenvalue weighted by atomic mass is 32.1. The molecule has 2 aromatic heterocycles. The Bertz CT molecular complexity index is 438. The summed E-state index contributed by atoms with van der Waals surface area (Å²) in [4.78, 5) is 11.9. The van der Waals surface area contributed by atoms with Crippen LogP contribution in [0.2, 0.25) is 0 Å². The van der Waals surface area contributed by atoms with Crippen LogP contribution in [-0.4, -0.2) is 10.7 Å². The average molecular weight is 179 g/mol. The molecule has 0 saturated carbocycles. The summed E-state index contributed by atoms with van der Waals surface area (Å²) in [6.07, 6.45) is 2.85. The number of nitrogens with zero attached hydrogens (tertiary/aromatic N) is 1. The molecular weight excluding hydrogens is 170 g/mol. The third kappa shape index (κ3) is 0.770. The molecule has 0 saturated heterocycles. The quantitative estimate of drug-likeness (QED) is 0.616. The standard InChI is InChI=1S/C9H9NOS/c1-6-7(2)9-10(3-4-12-9)8(6)5-11/h3-5H,1-2H3. The maximum absolute atomic E-state index is 10.7. The van der Waals surface area contributed by atoms with E-state index in [1.165, 1.54) is 10.4 Å². The highest BCUT2D eigenvalue weighted by Crippen LogP contribution is 2.24. The third-order valence-electron chi connectivity index (χ3n) is 2.25. The lowest BCUT2D eigenvalue weighted by Gasteiger charge is -1.88. The second-order valence-corrected chi connectivity index (χ2v) is 3.73. The van der Waals surface area contributed by atoms with Crippen molar-refractivity contribution in [1.29, 1.82) is 0 Å². The van der Waals surface area contributed by atoms with Crippen LogP contribution in [0.4, 0.5) is 0 Å². The molecule has 3 heteroatoms. The maximum atomic E-state index is 10.7. The summed E-state index contributed by atoms with van der Waals surface area (Å²) in [5, 5.41) is 1.99. The molecule has 2 aromatic rings. The zero-order valence-electron chi connectivity index (χ0n) is 7.00. The Morgan fingerprint density at radius 1 is 1.42 bits per heavy atom. The Morgan fingerprint density at radius 2 is 2.17 bits per heavy atom. The second-order valence-electron chi connectivity index (χ2n) is 2.83. The van der Waals surface area contributed by atoms with Gasteiger partial charge in [-0.2, -0.15) is 0 Å². The number of carbonyl (C=O) groups is 1. The number of rotatable bonds is 1. The largest absolute Gasteiger partial charge is 0.304 e. The van der Waals surface area contributed by atoms with Gasteiger partial charge in [-0.1, -0.05) is 0 Å². The summed E-state index contributed by atoms with van der Waals surface area (Å²) in [6.45, 7) is 4.03. The van der Waals surface area contributed by atoms with E-state index in [0.29, 0.717) is 0 Å². The molecule has 0 aliphatic heterocycles. The van der Waals surface area contributed by atoms with E-state index in [1.54, 1.807) is 11.3 Å². The van der Waals surface area contributed by atoms with Crippen LogP contribution in [0.15, 0.2) is 11.6 Å². The van der Waals surface area contributed by atoms with Gasteiger partial charge in [0.2, 0.25) is 0 Å². The summed E-state index contributed by atoms with van der Waals surface area (Å²) in [6, 6.07) is 0. The molecular formula is C9H9NOS. The first kappa shape index (κ1) is 7.55. The van der Waals surface area contributed by atoms with Crippen molar-refractivity contribution in [2.75, 3.05) is 0 Å². The SMILES string of the molecule is Cc1c(C)c2sccn2c1C=O. The highest BCUT2D eigenvalue weighted by molar-refractivity contribution is 7.15. The fourth-order valence-corrected chi connectivity index (χ4v) is 2.33. The molecule has 0 N–H and O–H groups in total. The minimum Gasteiger partial charge on any atom is -0.304 e. The van der Waals surface area contributed by atoms with Crippen molar-refractivity contribution in [3.8, 4) is 0 Å². The van der Waals surface area contributed by atoms with E-state index in [1.807, 2.05) is 29.8 Å². The van der Waals surface area contributed by atoms with E-state index in [9.17, 15) is 4.79 Å². The van der Waals surface area contributed by atoms with Gasteiger partial charge in [-0.15, -0.1) is 11.3 Å². The predicted octanol–water partition coefficient (Wildman–Crippen LogP) is 2.43. The lowest BCUT2D eigenvalue weighted by molar-refractivity contribution is 0.111. The highest BCUT2D eigenvalue weighted by Gasteiger charge is 2.10. The predicted molar refractivity (Wildman–Crippen MR) is 50.1 cm³/mol. The molecule has 0 spiro atoms. The van der Waals surface area contributed by atoms with Crippen LogP contribution in [0, 0.1) is 13.8 Å². The van der Waals surface area contributed by atoms with Gasteiger partial charge in [0.05, 0.1) is 5.69 Å². The van der Waals surface area contributed by atoms with E-state index < -0.39 is 0 Å². The molecule has 0 unspecified atom stereocenters. The minimum atomic E-state index is 0.781. The number of thiazole rings is 1. The zero-order valence-corrected chi connectivity index (χ0v) is 7.81. The summed E-state index contributed by atoms with van der Waals surface area (Å²) >= 11 is 1.67.